The van der Waals surface area contributed by atoms with Gasteiger partial charge in [-0.05, 0) is 54.5 Å². The van der Waals surface area contributed by atoms with Crippen LogP contribution in [-0.2, 0) is 9.59 Å². The number of benzene rings is 3. The molecule has 9 heteroatoms. The number of hydrogen-bond donors (Lipinski definition) is 1. The van der Waals surface area contributed by atoms with E-state index < -0.39 is 0 Å². The summed E-state index contributed by atoms with van der Waals surface area (Å²) >= 11 is 6.73. The molecule has 7 nitrogen and oxygen atoms in total. The molecule has 1 N–H and O–H groups in total. The normalized spacial score (nSPS) is 14.2. The summed E-state index contributed by atoms with van der Waals surface area (Å²) < 4.78 is 16.9. The van der Waals surface area contributed by atoms with Crippen LogP contribution in [0.1, 0.15) is 11.1 Å². The van der Waals surface area contributed by atoms with Crippen molar-refractivity contribution in [1.82, 2.24) is 0 Å². The van der Waals surface area contributed by atoms with Crippen molar-refractivity contribution >= 4 is 57.6 Å². The summed E-state index contributed by atoms with van der Waals surface area (Å²) in [5, 5.41) is 2.76. The van der Waals surface area contributed by atoms with E-state index in [2.05, 4.69) is 5.32 Å². The number of nitrogens with zero attached hydrogens (tertiary/aromatic N) is 1. The molecular formula is C27H24N2O5S2. The van der Waals surface area contributed by atoms with Gasteiger partial charge in [0.1, 0.15) is 5.75 Å². The van der Waals surface area contributed by atoms with Crippen LogP contribution in [0, 0.1) is 6.92 Å². The van der Waals surface area contributed by atoms with Crippen molar-refractivity contribution in [3.8, 4) is 17.2 Å². The molecule has 1 aliphatic heterocycles. The average molecular weight is 521 g/mol. The summed E-state index contributed by atoms with van der Waals surface area (Å²) in [4.78, 5) is 27.6. The van der Waals surface area contributed by atoms with Gasteiger partial charge in [0.05, 0.1) is 30.5 Å². The van der Waals surface area contributed by atoms with Crippen LogP contribution in [0.2, 0.25) is 0 Å². The summed E-state index contributed by atoms with van der Waals surface area (Å²) in [7, 11) is 3.05. The first kappa shape index (κ1) is 25.3. The Morgan fingerprint density at radius 2 is 1.72 bits per heavy atom. The van der Waals surface area contributed by atoms with Crippen LogP contribution in [0.3, 0.4) is 0 Å². The third kappa shape index (κ3) is 5.53. The highest BCUT2D eigenvalue weighted by Crippen LogP contribution is 2.38. The maximum absolute atomic E-state index is 13.1. The smallest absolute Gasteiger partial charge is 0.270 e. The molecule has 0 radical (unpaired) electrons. The van der Waals surface area contributed by atoms with Crippen LogP contribution >= 0.6 is 24.0 Å². The number of rotatable bonds is 8. The van der Waals surface area contributed by atoms with E-state index in [1.807, 2.05) is 37.3 Å². The summed E-state index contributed by atoms with van der Waals surface area (Å²) in [6.45, 7) is 1.72. The quantitative estimate of drug-likeness (QED) is 0.313. The van der Waals surface area contributed by atoms with Crippen molar-refractivity contribution in [3.05, 3.63) is 82.8 Å². The summed E-state index contributed by atoms with van der Waals surface area (Å²) in [5.41, 5.74) is 3.03. The Kier molecular flexibility index (Phi) is 7.92. The standard InChI is InChI=1S/C27H24N2O5S2/c1-17-8-4-6-10-20(17)29-26(31)24(36-27(29)35)15-18-12-13-22(23(14-18)33-3)34-16-25(30)28-19-9-5-7-11-21(19)32-2/h4-15H,16H2,1-3H3,(H,28,30). The van der Waals surface area contributed by atoms with Gasteiger partial charge in [0, 0.05) is 0 Å². The zero-order valence-electron chi connectivity index (χ0n) is 19.9. The SMILES string of the molecule is COc1ccccc1NC(=O)COc1ccc(C=C2SC(=S)N(c3ccccc3C)C2=O)cc1OC. The van der Waals surface area contributed by atoms with Crippen molar-refractivity contribution in [2.24, 2.45) is 0 Å². The van der Waals surface area contributed by atoms with E-state index in [-0.39, 0.29) is 18.4 Å². The van der Waals surface area contributed by atoms with Crippen molar-refractivity contribution in [1.29, 1.82) is 0 Å². The number of thioether (sulfide) groups is 1. The lowest BCUT2D eigenvalue weighted by Crippen LogP contribution is -2.28. The average Bonchev–Trinajstić information content (AvgIpc) is 3.16. The van der Waals surface area contributed by atoms with E-state index in [0.29, 0.717) is 32.2 Å². The minimum atomic E-state index is -0.342. The van der Waals surface area contributed by atoms with Crippen molar-refractivity contribution in [2.75, 3.05) is 31.0 Å². The maximum atomic E-state index is 13.1. The molecule has 0 saturated carbocycles. The number of thiocarbonyl (C=S) groups is 1. The number of nitrogens with one attached hydrogen (secondary N) is 1. The van der Waals surface area contributed by atoms with Gasteiger partial charge in [0.15, 0.2) is 22.4 Å². The van der Waals surface area contributed by atoms with Crippen molar-refractivity contribution < 1.29 is 23.8 Å². The van der Waals surface area contributed by atoms with E-state index in [9.17, 15) is 9.59 Å². The predicted octanol–water partition coefficient (Wildman–Crippen LogP) is 5.44. The Balaban J connectivity index is 1.46. The first-order valence-corrected chi connectivity index (χ1v) is 12.2. The fraction of sp³-hybridized carbons (Fsp3) is 0.148. The third-order valence-corrected chi connectivity index (χ3v) is 6.68. The Bertz CT molecular complexity index is 1360. The van der Waals surface area contributed by atoms with Gasteiger partial charge in [-0.3, -0.25) is 14.5 Å². The molecule has 0 unspecified atom stereocenters. The Hall–Kier alpha value is -3.82. The Labute approximate surface area is 219 Å². The largest absolute Gasteiger partial charge is 0.495 e. The Morgan fingerprint density at radius 1 is 1.00 bits per heavy atom. The number of para-hydroxylation sites is 3. The van der Waals surface area contributed by atoms with E-state index in [1.165, 1.54) is 26.0 Å². The second-order valence-corrected chi connectivity index (χ2v) is 9.43. The summed E-state index contributed by atoms with van der Waals surface area (Å²) in [5.74, 6) is 0.873. The van der Waals surface area contributed by atoms with Gasteiger partial charge in [-0.25, -0.2) is 0 Å². The number of methoxy groups -OCH3 is 2. The molecule has 3 aromatic carbocycles. The second kappa shape index (κ2) is 11.3. The van der Waals surface area contributed by atoms with Crippen LogP contribution in [-0.4, -0.2) is 37.0 Å². The van der Waals surface area contributed by atoms with Gasteiger partial charge in [0.25, 0.3) is 11.8 Å². The van der Waals surface area contributed by atoms with Crippen LogP contribution in [0.25, 0.3) is 6.08 Å². The molecule has 0 bridgehead atoms. The number of anilines is 2. The molecule has 1 fully saturated rings. The fourth-order valence-corrected chi connectivity index (χ4v) is 4.90. The number of carbonyl (C=O) groups excluding carboxylic acids is 2. The molecule has 4 rings (SSSR count). The van der Waals surface area contributed by atoms with Crippen LogP contribution in [0.4, 0.5) is 11.4 Å². The first-order chi connectivity index (χ1) is 17.4. The number of aryl methyl sites for hydroxylation is 1. The maximum Gasteiger partial charge on any atom is 0.270 e. The second-order valence-electron chi connectivity index (χ2n) is 7.75. The predicted molar refractivity (Wildman–Crippen MR) is 147 cm³/mol. The molecular weight excluding hydrogens is 496 g/mol. The monoisotopic (exact) mass is 520 g/mol. The molecule has 0 aromatic heterocycles. The zero-order chi connectivity index (χ0) is 25.7. The number of hydrogen-bond acceptors (Lipinski definition) is 7. The molecule has 36 heavy (non-hydrogen) atoms. The summed E-state index contributed by atoms with van der Waals surface area (Å²) in [6.07, 6.45) is 1.76. The van der Waals surface area contributed by atoms with Crippen LogP contribution in [0.15, 0.2) is 71.6 Å². The highest BCUT2D eigenvalue weighted by atomic mass is 32.2. The lowest BCUT2D eigenvalue weighted by Gasteiger charge is -2.16. The van der Waals surface area contributed by atoms with Crippen molar-refractivity contribution in [2.45, 2.75) is 6.92 Å². The molecule has 0 spiro atoms. The molecule has 3 aromatic rings. The molecule has 1 aliphatic rings. The van der Waals surface area contributed by atoms with E-state index in [4.69, 9.17) is 26.4 Å². The van der Waals surface area contributed by atoms with E-state index in [1.54, 1.807) is 47.4 Å². The topological polar surface area (TPSA) is 77.1 Å². The van der Waals surface area contributed by atoms with Gasteiger partial charge < -0.3 is 19.5 Å². The minimum absolute atomic E-state index is 0.174. The van der Waals surface area contributed by atoms with Gasteiger partial charge in [-0.15, -0.1) is 0 Å². The number of ether oxygens (including phenoxy) is 3. The molecule has 1 heterocycles. The lowest BCUT2D eigenvalue weighted by atomic mass is 10.1. The molecule has 2 amide bonds. The number of carbonyl (C=O) groups is 2. The zero-order valence-corrected chi connectivity index (χ0v) is 21.6. The minimum Gasteiger partial charge on any atom is -0.495 e. The third-order valence-electron chi connectivity index (χ3n) is 5.38. The van der Waals surface area contributed by atoms with E-state index in [0.717, 1.165) is 16.8 Å². The van der Waals surface area contributed by atoms with Gasteiger partial charge >= 0.3 is 0 Å². The van der Waals surface area contributed by atoms with Crippen molar-refractivity contribution in [3.63, 3.8) is 0 Å². The molecule has 1 saturated heterocycles. The number of amides is 2. The van der Waals surface area contributed by atoms with Gasteiger partial charge in [0.2, 0.25) is 0 Å². The van der Waals surface area contributed by atoms with E-state index >= 15 is 0 Å². The molecule has 0 aliphatic carbocycles. The molecule has 184 valence electrons. The van der Waals surface area contributed by atoms with Crippen LogP contribution < -0.4 is 24.4 Å². The van der Waals surface area contributed by atoms with Crippen LogP contribution in [0.5, 0.6) is 17.2 Å². The highest BCUT2D eigenvalue weighted by Gasteiger charge is 2.34. The fourth-order valence-electron chi connectivity index (χ4n) is 3.61. The lowest BCUT2D eigenvalue weighted by molar-refractivity contribution is -0.118. The van der Waals surface area contributed by atoms with Gasteiger partial charge in [-0.2, -0.15) is 0 Å². The highest BCUT2D eigenvalue weighted by molar-refractivity contribution is 8.27. The first-order valence-electron chi connectivity index (χ1n) is 11.0. The summed E-state index contributed by atoms with van der Waals surface area (Å²) in [6, 6.07) is 20.0. The molecule has 0 atom stereocenters. The Morgan fingerprint density at radius 3 is 2.47 bits per heavy atom. The van der Waals surface area contributed by atoms with Gasteiger partial charge in [-0.1, -0.05) is 60.4 Å².